The minimum atomic E-state index is -0.598. The average Bonchev–Trinajstić information content (AvgIpc) is 2.92. The van der Waals surface area contributed by atoms with Gasteiger partial charge in [0.25, 0.3) is 5.91 Å². The summed E-state index contributed by atoms with van der Waals surface area (Å²) < 4.78 is 2.62. The number of anilines is 1. The summed E-state index contributed by atoms with van der Waals surface area (Å²) in [5.74, 6) is -0.453. The number of primary amides is 1. The summed E-state index contributed by atoms with van der Waals surface area (Å²) in [6.07, 6.45) is 8.36. The van der Waals surface area contributed by atoms with Gasteiger partial charge in [-0.2, -0.15) is 5.10 Å². The predicted molar refractivity (Wildman–Crippen MR) is 111 cm³/mol. The van der Waals surface area contributed by atoms with Crippen LogP contribution >= 0.6 is 27.5 Å². The fourth-order valence-corrected chi connectivity index (χ4v) is 3.62. The van der Waals surface area contributed by atoms with Gasteiger partial charge in [0.05, 0.1) is 10.7 Å². The van der Waals surface area contributed by atoms with Gasteiger partial charge in [0.1, 0.15) is 5.56 Å². The van der Waals surface area contributed by atoms with E-state index in [1.54, 1.807) is 10.7 Å². The molecule has 0 unspecified atom stereocenters. The van der Waals surface area contributed by atoms with E-state index in [4.69, 9.17) is 23.1 Å². The molecule has 0 radical (unpaired) electrons. The van der Waals surface area contributed by atoms with Gasteiger partial charge in [-0.3, -0.25) is 9.48 Å². The van der Waals surface area contributed by atoms with Crippen molar-refractivity contribution in [1.29, 1.82) is 0 Å². The Morgan fingerprint density at radius 3 is 2.50 bits per heavy atom. The first kappa shape index (κ1) is 20.8. The number of hydrogen-bond donors (Lipinski definition) is 2. The minimum Gasteiger partial charge on any atom is -0.382 e. The van der Waals surface area contributed by atoms with E-state index in [9.17, 15) is 4.79 Å². The van der Waals surface area contributed by atoms with E-state index in [1.165, 1.54) is 32.1 Å². The molecule has 0 saturated heterocycles. The second-order valence-corrected chi connectivity index (χ2v) is 7.76. The number of carbonyl (C=O) groups is 1. The topological polar surface area (TPSA) is 86.9 Å². The SMILES string of the molecule is CCCCCCCCCn1nc(N)c(C(N)=O)c1-c1cc(Br)ccc1Cl. The third-order valence-electron chi connectivity index (χ3n) is 4.38. The number of carbonyl (C=O) groups excluding carboxylic acids is 1. The molecular weight excluding hydrogens is 416 g/mol. The van der Waals surface area contributed by atoms with Crippen molar-refractivity contribution in [3.05, 3.63) is 33.3 Å². The number of nitrogen functional groups attached to an aromatic ring is 1. The number of nitrogens with zero attached hydrogens (tertiary/aromatic N) is 2. The third kappa shape index (κ3) is 5.24. The van der Waals surface area contributed by atoms with E-state index in [-0.39, 0.29) is 11.4 Å². The van der Waals surface area contributed by atoms with Crippen LogP contribution in [0.1, 0.15) is 62.2 Å². The van der Waals surface area contributed by atoms with E-state index in [0.29, 0.717) is 22.8 Å². The molecule has 1 aromatic heterocycles. The van der Waals surface area contributed by atoms with E-state index in [0.717, 1.165) is 17.3 Å². The number of amides is 1. The summed E-state index contributed by atoms with van der Waals surface area (Å²) >= 11 is 9.81. The molecule has 2 rings (SSSR count). The molecule has 0 aliphatic carbocycles. The van der Waals surface area contributed by atoms with Gasteiger partial charge in [-0.15, -0.1) is 0 Å². The summed E-state index contributed by atoms with van der Waals surface area (Å²) in [6, 6.07) is 5.47. The van der Waals surface area contributed by atoms with Crippen molar-refractivity contribution in [3.63, 3.8) is 0 Å². The van der Waals surface area contributed by atoms with Gasteiger partial charge in [-0.1, -0.05) is 73.0 Å². The number of unbranched alkanes of at least 4 members (excludes halogenated alkanes) is 6. The molecule has 2 aromatic rings. The zero-order valence-corrected chi connectivity index (χ0v) is 17.4. The lowest BCUT2D eigenvalue weighted by atomic mass is 10.1. The molecule has 1 amide bonds. The molecule has 0 saturated carbocycles. The van der Waals surface area contributed by atoms with Gasteiger partial charge < -0.3 is 11.5 Å². The molecule has 0 bridgehead atoms. The highest BCUT2D eigenvalue weighted by atomic mass is 79.9. The molecular formula is C19H26BrClN4O. The predicted octanol–water partition coefficient (Wildman–Crippen LogP) is 5.40. The van der Waals surface area contributed by atoms with E-state index in [2.05, 4.69) is 28.0 Å². The van der Waals surface area contributed by atoms with Crippen LogP contribution in [0.25, 0.3) is 11.3 Å². The lowest BCUT2D eigenvalue weighted by Gasteiger charge is -2.11. The van der Waals surface area contributed by atoms with Crippen molar-refractivity contribution < 1.29 is 4.79 Å². The lowest BCUT2D eigenvalue weighted by molar-refractivity contribution is 0.100. The largest absolute Gasteiger partial charge is 0.382 e. The zero-order valence-electron chi connectivity index (χ0n) is 15.1. The van der Waals surface area contributed by atoms with E-state index in [1.807, 2.05) is 12.1 Å². The van der Waals surface area contributed by atoms with Crippen LogP contribution in [0.2, 0.25) is 5.02 Å². The summed E-state index contributed by atoms with van der Waals surface area (Å²) in [5.41, 5.74) is 13.0. The van der Waals surface area contributed by atoms with Gasteiger partial charge in [0.2, 0.25) is 0 Å². The standard InChI is InChI=1S/C19H26BrClN4O/c1-2-3-4-5-6-7-8-11-25-17(16(19(23)26)18(22)24-25)14-12-13(20)9-10-15(14)21/h9-10,12H,2-8,11H2,1H3,(H2,22,24)(H2,23,26). The molecule has 26 heavy (non-hydrogen) atoms. The number of halogens is 2. The van der Waals surface area contributed by atoms with Crippen LogP contribution in [-0.2, 0) is 6.54 Å². The van der Waals surface area contributed by atoms with Crippen LogP contribution < -0.4 is 11.5 Å². The second kappa shape index (κ2) is 9.97. The molecule has 142 valence electrons. The Bertz CT molecular complexity index is 760. The first-order valence-electron chi connectivity index (χ1n) is 9.07. The number of nitrogens with two attached hydrogens (primary N) is 2. The first-order chi connectivity index (χ1) is 12.5. The quantitative estimate of drug-likeness (QED) is 0.484. The molecule has 0 aliphatic rings. The lowest BCUT2D eigenvalue weighted by Crippen LogP contribution is -2.14. The molecule has 0 fully saturated rings. The second-order valence-electron chi connectivity index (χ2n) is 6.44. The Hall–Kier alpha value is -1.53. The monoisotopic (exact) mass is 440 g/mol. The number of benzene rings is 1. The molecule has 4 N–H and O–H groups in total. The van der Waals surface area contributed by atoms with Crippen molar-refractivity contribution in [3.8, 4) is 11.3 Å². The third-order valence-corrected chi connectivity index (χ3v) is 5.21. The Labute approximate surface area is 168 Å². The van der Waals surface area contributed by atoms with Crippen LogP contribution in [0, 0.1) is 0 Å². The Balaban J connectivity index is 2.20. The zero-order chi connectivity index (χ0) is 19.1. The molecule has 1 aromatic carbocycles. The van der Waals surface area contributed by atoms with Crippen molar-refractivity contribution in [2.75, 3.05) is 5.73 Å². The normalized spacial score (nSPS) is 11.0. The Morgan fingerprint density at radius 2 is 1.85 bits per heavy atom. The molecule has 0 spiro atoms. The highest BCUT2D eigenvalue weighted by molar-refractivity contribution is 9.10. The summed E-state index contributed by atoms with van der Waals surface area (Å²) in [5, 5.41) is 4.87. The average molecular weight is 442 g/mol. The molecule has 5 nitrogen and oxygen atoms in total. The van der Waals surface area contributed by atoms with Crippen LogP contribution in [0.5, 0.6) is 0 Å². The van der Waals surface area contributed by atoms with E-state index < -0.39 is 5.91 Å². The Kier molecular flexibility index (Phi) is 7.97. The van der Waals surface area contributed by atoms with Crippen molar-refractivity contribution >= 4 is 39.3 Å². The number of hydrogen-bond acceptors (Lipinski definition) is 3. The van der Waals surface area contributed by atoms with Gasteiger partial charge in [0.15, 0.2) is 5.82 Å². The van der Waals surface area contributed by atoms with Gasteiger partial charge in [0, 0.05) is 16.6 Å². The van der Waals surface area contributed by atoms with Crippen molar-refractivity contribution in [2.24, 2.45) is 5.73 Å². The van der Waals surface area contributed by atoms with E-state index >= 15 is 0 Å². The highest BCUT2D eigenvalue weighted by Crippen LogP contribution is 2.35. The minimum absolute atomic E-state index is 0.145. The number of rotatable bonds is 10. The molecule has 7 heteroatoms. The number of aromatic nitrogens is 2. The van der Waals surface area contributed by atoms with Crippen LogP contribution in [0.4, 0.5) is 5.82 Å². The molecule has 0 aliphatic heterocycles. The summed E-state index contributed by atoms with van der Waals surface area (Å²) in [4.78, 5) is 11.9. The Morgan fingerprint density at radius 1 is 1.19 bits per heavy atom. The fraction of sp³-hybridized carbons (Fsp3) is 0.474. The van der Waals surface area contributed by atoms with Gasteiger partial charge in [-0.05, 0) is 24.6 Å². The van der Waals surface area contributed by atoms with Crippen molar-refractivity contribution in [1.82, 2.24) is 9.78 Å². The summed E-state index contributed by atoms with van der Waals surface area (Å²) in [7, 11) is 0. The maximum Gasteiger partial charge on any atom is 0.254 e. The fourth-order valence-electron chi connectivity index (χ4n) is 3.06. The maximum absolute atomic E-state index is 11.9. The first-order valence-corrected chi connectivity index (χ1v) is 10.2. The van der Waals surface area contributed by atoms with Gasteiger partial charge >= 0.3 is 0 Å². The van der Waals surface area contributed by atoms with Crippen LogP contribution in [-0.4, -0.2) is 15.7 Å². The molecule has 0 atom stereocenters. The van der Waals surface area contributed by atoms with Gasteiger partial charge in [-0.25, -0.2) is 0 Å². The van der Waals surface area contributed by atoms with Crippen LogP contribution in [0.3, 0.4) is 0 Å². The smallest absolute Gasteiger partial charge is 0.254 e. The molecule has 1 heterocycles. The highest BCUT2D eigenvalue weighted by Gasteiger charge is 2.23. The number of aryl methyl sites for hydroxylation is 1. The maximum atomic E-state index is 11.9. The van der Waals surface area contributed by atoms with Crippen LogP contribution in [0.15, 0.2) is 22.7 Å². The van der Waals surface area contributed by atoms with Crippen molar-refractivity contribution in [2.45, 2.75) is 58.4 Å². The summed E-state index contributed by atoms with van der Waals surface area (Å²) in [6.45, 7) is 2.89.